The van der Waals surface area contributed by atoms with Crippen molar-refractivity contribution in [3.8, 4) is 16.9 Å². The van der Waals surface area contributed by atoms with Crippen molar-refractivity contribution in [3.63, 3.8) is 0 Å². The maximum atomic E-state index is 13.0. The summed E-state index contributed by atoms with van der Waals surface area (Å²) in [4.78, 5) is 24.1. The number of aromatic nitrogens is 1. The summed E-state index contributed by atoms with van der Waals surface area (Å²) in [6.07, 6.45) is 2.46. The Morgan fingerprint density at radius 3 is 2.48 bits per heavy atom. The summed E-state index contributed by atoms with van der Waals surface area (Å²) in [5, 5.41) is 12.5. The summed E-state index contributed by atoms with van der Waals surface area (Å²) in [5.41, 5.74) is 5.16. The van der Waals surface area contributed by atoms with Crippen LogP contribution in [0.15, 0.2) is 53.1 Å². The first-order chi connectivity index (χ1) is 15.0. The van der Waals surface area contributed by atoms with Crippen molar-refractivity contribution in [3.05, 3.63) is 71.1 Å². The number of nitrogens with zero attached hydrogens (tertiary/aromatic N) is 1. The molecule has 0 spiro atoms. The second kappa shape index (κ2) is 10.5. The molecule has 3 rings (SSSR count). The molecule has 3 aromatic rings. The molecule has 1 heterocycles. The van der Waals surface area contributed by atoms with Gasteiger partial charge in [0.05, 0.1) is 12.3 Å². The van der Waals surface area contributed by atoms with E-state index in [0.29, 0.717) is 35.7 Å². The first kappa shape index (κ1) is 22.2. The first-order valence-electron chi connectivity index (χ1n) is 10.2. The van der Waals surface area contributed by atoms with Gasteiger partial charge in [0.1, 0.15) is 11.5 Å². The molecule has 1 aromatic heterocycles. The third-order valence-electron chi connectivity index (χ3n) is 4.97. The quantitative estimate of drug-likeness (QED) is 0.214. The van der Waals surface area contributed by atoms with Gasteiger partial charge in [-0.05, 0) is 56.9 Å². The smallest absolute Gasteiger partial charge is 0.243 e. The van der Waals surface area contributed by atoms with E-state index in [4.69, 9.17) is 14.5 Å². The highest BCUT2D eigenvalue weighted by Crippen LogP contribution is 2.32. The van der Waals surface area contributed by atoms with E-state index in [0.717, 1.165) is 29.7 Å². The summed E-state index contributed by atoms with van der Waals surface area (Å²) in [6, 6.07) is 14.6. The molecular formula is C24H26N2O5. The number of ketones is 1. The maximum absolute atomic E-state index is 13.0. The molecule has 0 atom stereocenters. The van der Waals surface area contributed by atoms with E-state index >= 15 is 0 Å². The van der Waals surface area contributed by atoms with E-state index in [1.165, 1.54) is 0 Å². The van der Waals surface area contributed by atoms with Crippen molar-refractivity contribution in [2.45, 2.75) is 39.5 Å². The molecule has 0 radical (unpaired) electrons. The molecule has 0 aliphatic heterocycles. The van der Waals surface area contributed by atoms with Gasteiger partial charge in [0.25, 0.3) is 0 Å². The summed E-state index contributed by atoms with van der Waals surface area (Å²) in [5.74, 6) is 0.783. The lowest BCUT2D eigenvalue weighted by Crippen LogP contribution is -2.17. The molecule has 0 saturated carbocycles. The summed E-state index contributed by atoms with van der Waals surface area (Å²) >= 11 is 0. The Bertz CT molecular complexity index is 1020. The molecule has 0 fully saturated rings. The lowest BCUT2D eigenvalue weighted by Gasteiger charge is -2.11. The van der Waals surface area contributed by atoms with E-state index in [2.05, 4.69) is 5.16 Å². The number of hydroxylamine groups is 1. The fraction of sp³-hybridized carbons (Fsp3) is 0.292. The zero-order chi connectivity index (χ0) is 22.2. The normalized spacial score (nSPS) is 10.7. The van der Waals surface area contributed by atoms with E-state index in [-0.39, 0.29) is 12.2 Å². The monoisotopic (exact) mass is 422 g/mol. The van der Waals surface area contributed by atoms with Crippen LogP contribution >= 0.6 is 0 Å². The standard InChI is InChI=1S/C24H26N2O5/c1-16-23(17(2)31-26-16)19-13-20(24(28)18-9-5-3-6-10-18)15-21(14-19)30-12-8-4-7-11-22(27)25-29/h3,5-6,9-10,13-15,29H,4,7-8,11-12H2,1-2H3,(H,25,27). The Morgan fingerprint density at radius 1 is 1.03 bits per heavy atom. The van der Waals surface area contributed by atoms with Gasteiger partial charge in [0.15, 0.2) is 5.78 Å². The van der Waals surface area contributed by atoms with E-state index in [1.54, 1.807) is 23.7 Å². The van der Waals surface area contributed by atoms with Crippen molar-refractivity contribution in [1.29, 1.82) is 0 Å². The van der Waals surface area contributed by atoms with Gasteiger partial charge in [-0.3, -0.25) is 14.8 Å². The minimum absolute atomic E-state index is 0.0888. The Labute approximate surface area is 181 Å². The SMILES string of the molecule is Cc1noc(C)c1-c1cc(OCCCCCC(=O)NO)cc(C(=O)c2ccccc2)c1. The van der Waals surface area contributed by atoms with Crippen LogP contribution in [0.25, 0.3) is 11.1 Å². The van der Waals surface area contributed by atoms with Crippen LogP contribution in [-0.4, -0.2) is 28.7 Å². The zero-order valence-electron chi connectivity index (χ0n) is 17.7. The van der Waals surface area contributed by atoms with Gasteiger partial charge in [0, 0.05) is 23.1 Å². The number of aryl methyl sites for hydroxylation is 2. The number of unbranched alkanes of at least 4 members (excludes halogenated alkanes) is 2. The van der Waals surface area contributed by atoms with Gasteiger partial charge >= 0.3 is 0 Å². The fourth-order valence-corrected chi connectivity index (χ4v) is 3.42. The van der Waals surface area contributed by atoms with Gasteiger partial charge in [-0.1, -0.05) is 35.5 Å². The molecule has 0 aliphatic rings. The molecule has 1 amide bonds. The predicted molar refractivity (Wildman–Crippen MR) is 115 cm³/mol. The largest absolute Gasteiger partial charge is 0.494 e. The highest BCUT2D eigenvalue weighted by Gasteiger charge is 2.17. The molecule has 2 aromatic carbocycles. The molecule has 7 nitrogen and oxygen atoms in total. The number of nitrogens with one attached hydrogen (secondary N) is 1. The number of benzene rings is 2. The van der Waals surface area contributed by atoms with Crippen molar-refractivity contribution >= 4 is 11.7 Å². The van der Waals surface area contributed by atoms with Crippen LogP contribution in [0.5, 0.6) is 5.75 Å². The average Bonchev–Trinajstić information content (AvgIpc) is 3.13. The number of ether oxygens (including phenoxy) is 1. The van der Waals surface area contributed by atoms with Crippen LogP contribution in [0.2, 0.25) is 0 Å². The number of carbonyl (C=O) groups is 2. The highest BCUT2D eigenvalue weighted by molar-refractivity contribution is 6.09. The average molecular weight is 422 g/mol. The predicted octanol–water partition coefficient (Wildman–Crippen LogP) is 4.63. The third kappa shape index (κ3) is 5.79. The van der Waals surface area contributed by atoms with Crippen molar-refractivity contribution in [1.82, 2.24) is 10.6 Å². The number of hydrogen-bond acceptors (Lipinski definition) is 6. The lowest BCUT2D eigenvalue weighted by molar-refractivity contribution is -0.129. The van der Waals surface area contributed by atoms with Gasteiger partial charge in [-0.15, -0.1) is 0 Å². The minimum atomic E-state index is -0.392. The second-order valence-electron chi connectivity index (χ2n) is 7.33. The molecule has 0 bridgehead atoms. The Hall–Kier alpha value is -3.45. The van der Waals surface area contributed by atoms with E-state index < -0.39 is 5.91 Å². The number of carbonyl (C=O) groups excluding carboxylic acids is 2. The minimum Gasteiger partial charge on any atom is -0.494 e. The summed E-state index contributed by atoms with van der Waals surface area (Å²) in [7, 11) is 0. The highest BCUT2D eigenvalue weighted by atomic mass is 16.5. The van der Waals surface area contributed by atoms with Crippen LogP contribution in [0.4, 0.5) is 0 Å². The number of hydrogen-bond donors (Lipinski definition) is 2. The van der Waals surface area contributed by atoms with E-state index in [1.807, 2.05) is 44.2 Å². The lowest BCUT2D eigenvalue weighted by atomic mass is 9.97. The zero-order valence-corrected chi connectivity index (χ0v) is 17.7. The first-order valence-corrected chi connectivity index (χ1v) is 10.2. The second-order valence-corrected chi connectivity index (χ2v) is 7.33. The van der Waals surface area contributed by atoms with Crippen LogP contribution in [-0.2, 0) is 4.79 Å². The molecule has 162 valence electrons. The molecule has 2 N–H and O–H groups in total. The summed E-state index contributed by atoms with van der Waals surface area (Å²) in [6.45, 7) is 4.15. The van der Waals surface area contributed by atoms with Gasteiger partial charge in [-0.2, -0.15) is 0 Å². The van der Waals surface area contributed by atoms with Crippen molar-refractivity contribution in [2.24, 2.45) is 0 Å². The van der Waals surface area contributed by atoms with Crippen molar-refractivity contribution in [2.75, 3.05) is 6.61 Å². The fourth-order valence-electron chi connectivity index (χ4n) is 3.42. The molecular weight excluding hydrogens is 396 g/mol. The van der Waals surface area contributed by atoms with E-state index in [9.17, 15) is 9.59 Å². The molecule has 0 unspecified atom stereocenters. The van der Waals surface area contributed by atoms with Gasteiger partial charge in [0.2, 0.25) is 5.91 Å². The topological polar surface area (TPSA) is 102 Å². The van der Waals surface area contributed by atoms with Gasteiger partial charge < -0.3 is 9.26 Å². The van der Waals surface area contributed by atoms with Crippen LogP contribution in [0.1, 0.15) is 53.1 Å². The molecule has 0 saturated heterocycles. The maximum Gasteiger partial charge on any atom is 0.243 e. The summed E-state index contributed by atoms with van der Waals surface area (Å²) < 4.78 is 11.2. The van der Waals surface area contributed by atoms with Crippen LogP contribution in [0, 0.1) is 13.8 Å². The molecule has 7 heteroatoms. The van der Waals surface area contributed by atoms with Crippen molar-refractivity contribution < 1.29 is 24.1 Å². The molecule has 0 aliphatic carbocycles. The Kier molecular flexibility index (Phi) is 7.56. The van der Waals surface area contributed by atoms with Crippen LogP contribution < -0.4 is 10.2 Å². The van der Waals surface area contributed by atoms with Gasteiger partial charge in [-0.25, -0.2) is 5.48 Å². The Morgan fingerprint density at radius 2 is 1.81 bits per heavy atom. The third-order valence-corrected chi connectivity index (χ3v) is 4.97. The van der Waals surface area contributed by atoms with Crippen LogP contribution in [0.3, 0.4) is 0 Å². The molecule has 31 heavy (non-hydrogen) atoms. The number of rotatable bonds is 10. The Balaban J connectivity index is 1.79. The number of amides is 1.